The van der Waals surface area contributed by atoms with Gasteiger partial charge in [-0.05, 0) is 56.3 Å². The number of hydrogen-bond acceptors (Lipinski definition) is 2. The lowest BCUT2D eigenvalue weighted by atomic mass is 9.89. The first-order valence-electron chi connectivity index (χ1n) is 6.57. The number of hydrogen-bond donors (Lipinski definition) is 2. The molecule has 0 aromatic rings. The standard InChI is InChI=1S/C13H22N2/c14-15-13(9-5-2-1-3-6-9)12-10-7-4-8-11(10)12/h5,10-13,15H,1-4,6-8,14H2. The van der Waals surface area contributed by atoms with Crippen LogP contribution in [0.5, 0.6) is 0 Å². The maximum absolute atomic E-state index is 5.76. The zero-order valence-corrected chi connectivity index (χ0v) is 9.41. The van der Waals surface area contributed by atoms with Gasteiger partial charge in [0.2, 0.25) is 0 Å². The van der Waals surface area contributed by atoms with Crippen molar-refractivity contribution in [1.82, 2.24) is 5.43 Å². The van der Waals surface area contributed by atoms with Crippen molar-refractivity contribution in [2.75, 3.05) is 0 Å². The van der Waals surface area contributed by atoms with Crippen molar-refractivity contribution in [3.63, 3.8) is 0 Å². The molecule has 2 saturated carbocycles. The van der Waals surface area contributed by atoms with Crippen LogP contribution in [-0.2, 0) is 0 Å². The highest BCUT2D eigenvalue weighted by atomic mass is 15.2. The van der Waals surface area contributed by atoms with Gasteiger partial charge < -0.3 is 0 Å². The molecular formula is C13H22N2. The molecule has 0 heterocycles. The molecular weight excluding hydrogens is 184 g/mol. The van der Waals surface area contributed by atoms with E-state index in [2.05, 4.69) is 11.5 Å². The van der Waals surface area contributed by atoms with Crippen LogP contribution in [0, 0.1) is 17.8 Å². The van der Waals surface area contributed by atoms with Crippen molar-refractivity contribution in [3.05, 3.63) is 11.6 Å². The van der Waals surface area contributed by atoms with Gasteiger partial charge in [0.1, 0.15) is 0 Å². The van der Waals surface area contributed by atoms with E-state index in [1.807, 2.05) is 0 Å². The van der Waals surface area contributed by atoms with E-state index in [1.54, 1.807) is 5.57 Å². The molecule has 0 saturated heterocycles. The third-order valence-corrected chi connectivity index (χ3v) is 4.76. The van der Waals surface area contributed by atoms with Gasteiger partial charge >= 0.3 is 0 Å². The van der Waals surface area contributed by atoms with Crippen molar-refractivity contribution in [3.8, 4) is 0 Å². The normalized spacial score (nSPS) is 40.9. The summed E-state index contributed by atoms with van der Waals surface area (Å²) in [6.07, 6.45) is 12.1. The molecule has 2 fully saturated rings. The van der Waals surface area contributed by atoms with Gasteiger partial charge in [0.15, 0.2) is 0 Å². The summed E-state index contributed by atoms with van der Waals surface area (Å²) in [5, 5.41) is 0. The van der Waals surface area contributed by atoms with Crippen LogP contribution in [-0.4, -0.2) is 6.04 Å². The number of rotatable bonds is 3. The third kappa shape index (κ3) is 1.64. The van der Waals surface area contributed by atoms with Crippen LogP contribution < -0.4 is 11.3 Å². The molecule has 3 N–H and O–H groups in total. The van der Waals surface area contributed by atoms with Gasteiger partial charge in [-0.1, -0.05) is 18.1 Å². The van der Waals surface area contributed by atoms with Gasteiger partial charge in [-0.2, -0.15) is 0 Å². The van der Waals surface area contributed by atoms with Crippen LogP contribution in [0.15, 0.2) is 11.6 Å². The van der Waals surface area contributed by atoms with E-state index in [0.29, 0.717) is 6.04 Å². The molecule has 0 aromatic carbocycles. The Bertz CT molecular complexity index is 262. The largest absolute Gasteiger partial charge is 0.271 e. The maximum Gasteiger partial charge on any atom is 0.0453 e. The summed E-state index contributed by atoms with van der Waals surface area (Å²) in [4.78, 5) is 0. The minimum atomic E-state index is 0.514. The van der Waals surface area contributed by atoms with E-state index in [0.717, 1.165) is 17.8 Å². The molecule has 0 aliphatic heterocycles. The first kappa shape index (κ1) is 9.86. The fourth-order valence-corrected chi connectivity index (χ4v) is 3.98. The Kier molecular flexibility index (Phi) is 2.57. The second kappa shape index (κ2) is 3.91. The predicted molar refractivity (Wildman–Crippen MR) is 62.0 cm³/mol. The van der Waals surface area contributed by atoms with Gasteiger partial charge in [0.25, 0.3) is 0 Å². The van der Waals surface area contributed by atoms with Gasteiger partial charge in [0.05, 0.1) is 0 Å². The molecule has 0 radical (unpaired) electrons. The first-order valence-corrected chi connectivity index (χ1v) is 6.57. The molecule has 0 spiro atoms. The molecule has 2 heteroatoms. The fourth-order valence-electron chi connectivity index (χ4n) is 3.98. The lowest BCUT2D eigenvalue weighted by molar-refractivity contribution is 0.437. The quantitative estimate of drug-likeness (QED) is 0.422. The van der Waals surface area contributed by atoms with Crippen LogP contribution in [0.4, 0.5) is 0 Å². The Morgan fingerprint density at radius 2 is 2.00 bits per heavy atom. The zero-order valence-electron chi connectivity index (χ0n) is 9.41. The minimum absolute atomic E-state index is 0.514. The van der Waals surface area contributed by atoms with Crippen molar-refractivity contribution < 1.29 is 0 Å². The molecule has 84 valence electrons. The van der Waals surface area contributed by atoms with Crippen LogP contribution in [0.25, 0.3) is 0 Å². The average molecular weight is 206 g/mol. The molecule has 3 rings (SSSR count). The molecule has 3 aliphatic carbocycles. The first-order chi connectivity index (χ1) is 7.42. The van der Waals surface area contributed by atoms with E-state index < -0.39 is 0 Å². The van der Waals surface area contributed by atoms with E-state index in [1.165, 1.54) is 44.9 Å². The highest BCUT2D eigenvalue weighted by Gasteiger charge is 2.56. The Hall–Kier alpha value is -0.340. The van der Waals surface area contributed by atoms with Crippen molar-refractivity contribution in [2.24, 2.45) is 23.6 Å². The summed E-state index contributed by atoms with van der Waals surface area (Å²) in [7, 11) is 0. The summed E-state index contributed by atoms with van der Waals surface area (Å²) in [5.74, 6) is 8.66. The Balaban J connectivity index is 1.69. The number of allylic oxidation sites excluding steroid dienone is 1. The number of fused-ring (bicyclic) bond motifs is 1. The Morgan fingerprint density at radius 3 is 2.60 bits per heavy atom. The second-order valence-corrected chi connectivity index (χ2v) is 5.51. The van der Waals surface area contributed by atoms with Crippen LogP contribution in [0.1, 0.15) is 44.9 Å². The molecule has 0 bridgehead atoms. The molecule has 3 atom stereocenters. The Morgan fingerprint density at radius 1 is 1.20 bits per heavy atom. The van der Waals surface area contributed by atoms with Crippen LogP contribution in [0.3, 0.4) is 0 Å². The topological polar surface area (TPSA) is 38.0 Å². The van der Waals surface area contributed by atoms with Gasteiger partial charge in [-0.25, -0.2) is 0 Å². The summed E-state index contributed by atoms with van der Waals surface area (Å²) < 4.78 is 0. The predicted octanol–water partition coefficient (Wildman–Crippen LogP) is 2.36. The Labute approximate surface area is 92.3 Å². The zero-order chi connectivity index (χ0) is 10.3. The summed E-state index contributed by atoms with van der Waals surface area (Å²) >= 11 is 0. The second-order valence-electron chi connectivity index (χ2n) is 5.51. The summed E-state index contributed by atoms with van der Waals surface area (Å²) in [5.41, 5.74) is 4.71. The maximum atomic E-state index is 5.76. The fraction of sp³-hybridized carbons (Fsp3) is 0.846. The summed E-state index contributed by atoms with van der Waals surface area (Å²) in [6.45, 7) is 0. The molecule has 15 heavy (non-hydrogen) atoms. The molecule has 0 aromatic heterocycles. The summed E-state index contributed by atoms with van der Waals surface area (Å²) in [6, 6.07) is 0.514. The third-order valence-electron chi connectivity index (χ3n) is 4.76. The highest BCUT2D eigenvalue weighted by Crippen LogP contribution is 2.60. The lowest BCUT2D eigenvalue weighted by Crippen LogP contribution is -2.40. The monoisotopic (exact) mass is 206 g/mol. The van der Waals surface area contributed by atoms with Crippen LogP contribution >= 0.6 is 0 Å². The minimum Gasteiger partial charge on any atom is -0.271 e. The van der Waals surface area contributed by atoms with Gasteiger partial charge in [-0.3, -0.25) is 11.3 Å². The lowest BCUT2D eigenvalue weighted by Gasteiger charge is -2.24. The van der Waals surface area contributed by atoms with Crippen molar-refractivity contribution in [2.45, 2.75) is 51.0 Å². The van der Waals surface area contributed by atoms with Crippen molar-refractivity contribution in [1.29, 1.82) is 0 Å². The molecule has 3 aliphatic rings. The van der Waals surface area contributed by atoms with E-state index >= 15 is 0 Å². The van der Waals surface area contributed by atoms with Gasteiger partial charge in [-0.15, -0.1) is 0 Å². The molecule has 2 nitrogen and oxygen atoms in total. The molecule has 0 amide bonds. The molecule has 3 unspecified atom stereocenters. The highest BCUT2D eigenvalue weighted by molar-refractivity contribution is 5.21. The van der Waals surface area contributed by atoms with E-state index in [-0.39, 0.29) is 0 Å². The average Bonchev–Trinajstić information content (AvgIpc) is 2.76. The van der Waals surface area contributed by atoms with Gasteiger partial charge in [0, 0.05) is 6.04 Å². The van der Waals surface area contributed by atoms with E-state index in [9.17, 15) is 0 Å². The van der Waals surface area contributed by atoms with E-state index in [4.69, 9.17) is 5.84 Å². The number of nitrogens with two attached hydrogens (primary N) is 1. The SMILES string of the molecule is NNC(C1=CCCCC1)C1C2CCCC21. The van der Waals surface area contributed by atoms with Crippen LogP contribution in [0.2, 0.25) is 0 Å². The van der Waals surface area contributed by atoms with Crippen molar-refractivity contribution >= 4 is 0 Å². The smallest absolute Gasteiger partial charge is 0.0453 e. The number of nitrogens with one attached hydrogen (secondary N) is 1. The number of hydrazine groups is 1.